The van der Waals surface area contributed by atoms with Gasteiger partial charge in [0.25, 0.3) is 15.9 Å². The first-order valence-electron chi connectivity index (χ1n) is 10.7. The quantitative estimate of drug-likeness (QED) is 0.343. The van der Waals surface area contributed by atoms with Gasteiger partial charge in [0.1, 0.15) is 6.54 Å². The minimum Gasteiger partial charge on any atom is -0.468 e. The van der Waals surface area contributed by atoms with E-state index in [-0.39, 0.29) is 32.4 Å². The van der Waals surface area contributed by atoms with Gasteiger partial charge in [-0.15, -0.1) is 0 Å². The maximum absolute atomic E-state index is 12.9. The number of fused-ring (bicyclic) bond motifs is 1. The van der Waals surface area contributed by atoms with Gasteiger partial charge in [-0.25, -0.2) is 16.8 Å². The van der Waals surface area contributed by atoms with Crippen molar-refractivity contribution in [1.82, 2.24) is 4.57 Å². The minimum absolute atomic E-state index is 0.0953. The van der Waals surface area contributed by atoms with Crippen molar-refractivity contribution in [2.75, 3.05) is 18.1 Å². The van der Waals surface area contributed by atoms with E-state index in [1.807, 2.05) is 0 Å². The normalized spacial score (nSPS) is 12.4. The molecule has 0 fully saturated rings. The lowest BCUT2D eigenvalue weighted by Gasteiger charge is -2.08. The van der Waals surface area contributed by atoms with Crippen molar-refractivity contribution >= 4 is 59.0 Å². The smallest absolute Gasteiger partial charge is 0.325 e. The molecule has 0 aliphatic heterocycles. The number of benzene rings is 3. The molecular formula is C24H21N3O7S3. The molecule has 10 nitrogen and oxygen atoms in total. The molecule has 4 aromatic rings. The Bertz CT molecular complexity index is 1770. The fraction of sp³-hybridized carbons (Fsp3) is 0.125. The van der Waals surface area contributed by atoms with Crippen LogP contribution in [0.1, 0.15) is 10.4 Å². The summed E-state index contributed by atoms with van der Waals surface area (Å²) in [5.74, 6) is -1.21. The number of nitrogens with zero attached hydrogens (tertiary/aromatic N) is 2. The third-order valence-electron chi connectivity index (χ3n) is 5.23. The predicted octanol–water partition coefficient (Wildman–Crippen LogP) is 2.82. The van der Waals surface area contributed by atoms with Crippen molar-refractivity contribution in [2.45, 2.75) is 16.3 Å². The Morgan fingerprint density at radius 1 is 0.946 bits per heavy atom. The summed E-state index contributed by atoms with van der Waals surface area (Å²) in [4.78, 5) is 29.4. The van der Waals surface area contributed by atoms with Gasteiger partial charge in [0.15, 0.2) is 14.6 Å². The second kappa shape index (κ2) is 10.3. The van der Waals surface area contributed by atoms with E-state index in [1.54, 1.807) is 24.3 Å². The first kappa shape index (κ1) is 26.3. The maximum atomic E-state index is 12.9. The summed E-state index contributed by atoms with van der Waals surface area (Å²) in [6.45, 7) is -0.235. The van der Waals surface area contributed by atoms with Crippen molar-refractivity contribution in [3.63, 3.8) is 0 Å². The zero-order chi connectivity index (χ0) is 26.8. The Hall–Kier alpha value is -3.81. The highest BCUT2D eigenvalue weighted by Crippen LogP contribution is 2.22. The number of sulfone groups is 1. The number of ether oxygens (including phenoxy) is 1. The first-order valence-corrected chi connectivity index (χ1v) is 14.8. The van der Waals surface area contributed by atoms with Crippen molar-refractivity contribution in [2.24, 2.45) is 4.99 Å². The SMILES string of the molecule is COC(=O)Cn1c(=NC(=O)c2ccc(NS(=O)(=O)c3ccccc3)cc2)sc2cc(S(C)(=O)=O)ccc21. The number of rotatable bonds is 7. The van der Waals surface area contributed by atoms with Crippen molar-refractivity contribution in [3.05, 3.63) is 83.2 Å². The molecule has 1 aromatic heterocycles. The van der Waals surface area contributed by atoms with Crippen LogP contribution in [0.25, 0.3) is 10.2 Å². The largest absolute Gasteiger partial charge is 0.468 e. The molecule has 1 N–H and O–H groups in total. The summed E-state index contributed by atoms with van der Waals surface area (Å²) < 4.78 is 58.1. The number of anilines is 1. The van der Waals surface area contributed by atoms with E-state index < -0.39 is 31.7 Å². The number of thiazole rings is 1. The molecule has 0 atom stereocenters. The van der Waals surface area contributed by atoms with E-state index in [0.717, 1.165) is 17.6 Å². The average molecular weight is 560 g/mol. The van der Waals surface area contributed by atoms with Crippen LogP contribution in [-0.2, 0) is 35.9 Å². The van der Waals surface area contributed by atoms with Gasteiger partial charge in [0.05, 0.1) is 27.1 Å². The number of amides is 1. The number of hydrogen-bond donors (Lipinski definition) is 1. The van der Waals surface area contributed by atoms with Gasteiger partial charge in [-0.2, -0.15) is 4.99 Å². The molecule has 0 bridgehead atoms. The number of aromatic nitrogens is 1. The number of esters is 1. The molecule has 1 heterocycles. The molecule has 0 saturated heterocycles. The van der Waals surface area contributed by atoms with E-state index in [0.29, 0.717) is 10.2 Å². The second-order valence-corrected chi connectivity index (χ2v) is 12.6. The maximum Gasteiger partial charge on any atom is 0.325 e. The molecule has 37 heavy (non-hydrogen) atoms. The van der Waals surface area contributed by atoms with E-state index in [4.69, 9.17) is 4.74 Å². The number of carbonyl (C=O) groups excluding carboxylic acids is 2. The number of hydrogen-bond acceptors (Lipinski definition) is 8. The monoisotopic (exact) mass is 559 g/mol. The van der Waals surface area contributed by atoms with Gasteiger partial charge in [0.2, 0.25) is 0 Å². The van der Waals surface area contributed by atoms with Gasteiger partial charge >= 0.3 is 5.97 Å². The Labute approximate surface area is 216 Å². The average Bonchev–Trinajstić information content (AvgIpc) is 3.20. The Balaban J connectivity index is 1.67. The van der Waals surface area contributed by atoms with Gasteiger partial charge in [0, 0.05) is 17.5 Å². The van der Waals surface area contributed by atoms with E-state index >= 15 is 0 Å². The van der Waals surface area contributed by atoms with Crippen LogP contribution in [-0.4, -0.2) is 46.6 Å². The lowest BCUT2D eigenvalue weighted by Crippen LogP contribution is -2.22. The van der Waals surface area contributed by atoms with Crippen LogP contribution in [0, 0.1) is 0 Å². The molecule has 1 amide bonds. The van der Waals surface area contributed by atoms with Crippen LogP contribution in [0.5, 0.6) is 0 Å². The summed E-state index contributed by atoms with van der Waals surface area (Å²) in [5.41, 5.74) is 0.956. The standard InChI is InChI=1S/C24H21N3O7S3/c1-34-22(28)15-27-20-13-12-19(36(2,30)31)14-21(20)35-24(27)25-23(29)16-8-10-17(11-9-16)26-37(32,33)18-6-4-3-5-7-18/h3-14,26H,15H2,1-2H3. The number of nitrogens with one attached hydrogen (secondary N) is 1. The highest BCUT2D eigenvalue weighted by Gasteiger charge is 2.16. The molecule has 13 heteroatoms. The number of methoxy groups -OCH3 is 1. The van der Waals surface area contributed by atoms with Crippen molar-refractivity contribution in [1.29, 1.82) is 0 Å². The van der Waals surface area contributed by atoms with Crippen molar-refractivity contribution < 1.29 is 31.2 Å². The zero-order valence-electron chi connectivity index (χ0n) is 19.6. The van der Waals surface area contributed by atoms with E-state index in [2.05, 4.69) is 9.71 Å². The molecule has 0 unspecified atom stereocenters. The molecule has 0 spiro atoms. The summed E-state index contributed by atoms with van der Waals surface area (Å²) in [6, 6.07) is 18.0. The third-order valence-corrected chi connectivity index (χ3v) is 8.78. The molecular weight excluding hydrogens is 538 g/mol. The van der Waals surface area contributed by atoms with Gasteiger partial charge < -0.3 is 9.30 Å². The number of sulfonamides is 1. The first-order chi connectivity index (χ1) is 17.5. The lowest BCUT2D eigenvalue weighted by atomic mass is 10.2. The third kappa shape index (κ3) is 5.96. The van der Waals surface area contributed by atoms with Crippen LogP contribution in [0.3, 0.4) is 0 Å². The molecule has 192 valence electrons. The van der Waals surface area contributed by atoms with Crippen LogP contribution < -0.4 is 9.52 Å². The highest BCUT2D eigenvalue weighted by atomic mass is 32.2. The topological polar surface area (TPSA) is 141 Å². The van der Waals surface area contributed by atoms with E-state index in [9.17, 15) is 26.4 Å². The minimum atomic E-state index is -3.79. The van der Waals surface area contributed by atoms with Gasteiger partial charge in [-0.1, -0.05) is 29.5 Å². The lowest BCUT2D eigenvalue weighted by molar-refractivity contribution is -0.141. The highest BCUT2D eigenvalue weighted by molar-refractivity contribution is 7.92. The molecule has 3 aromatic carbocycles. The summed E-state index contributed by atoms with van der Waals surface area (Å²) in [7, 11) is -6.03. The molecule has 0 aliphatic carbocycles. The van der Waals surface area contributed by atoms with Crippen LogP contribution in [0.2, 0.25) is 0 Å². The zero-order valence-corrected chi connectivity index (χ0v) is 22.1. The molecule has 0 radical (unpaired) electrons. The van der Waals surface area contributed by atoms with Gasteiger partial charge in [-0.05, 0) is 54.6 Å². The van der Waals surface area contributed by atoms with Gasteiger partial charge in [-0.3, -0.25) is 14.3 Å². The fourth-order valence-electron chi connectivity index (χ4n) is 3.36. The van der Waals surface area contributed by atoms with Crippen LogP contribution >= 0.6 is 11.3 Å². The van der Waals surface area contributed by atoms with Crippen LogP contribution in [0.4, 0.5) is 5.69 Å². The predicted molar refractivity (Wildman–Crippen MR) is 139 cm³/mol. The molecule has 4 rings (SSSR count). The Morgan fingerprint density at radius 3 is 2.24 bits per heavy atom. The Kier molecular flexibility index (Phi) is 7.30. The Morgan fingerprint density at radius 2 is 1.62 bits per heavy atom. The van der Waals surface area contributed by atoms with E-state index in [1.165, 1.54) is 60.2 Å². The molecule has 0 saturated carbocycles. The number of carbonyl (C=O) groups is 2. The summed E-state index contributed by atoms with van der Waals surface area (Å²) >= 11 is 1.05. The summed E-state index contributed by atoms with van der Waals surface area (Å²) in [5, 5.41) is 0. The fourth-order valence-corrected chi connectivity index (χ4v) is 6.23. The summed E-state index contributed by atoms with van der Waals surface area (Å²) in [6.07, 6.45) is 1.09. The van der Waals surface area contributed by atoms with Crippen LogP contribution in [0.15, 0.2) is 87.6 Å². The molecule has 0 aliphatic rings. The second-order valence-electron chi connectivity index (χ2n) is 7.86. The van der Waals surface area contributed by atoms with Crippen molar-refractivity contribution in [3.8, 4) is 0 Å².